The van der Waals surface area contributed by atoms with E-state index in [1.807, 2.05) is 0 Å². The van der Waals surface area contributed by atoms with E-state index in [2.05, 4.69) is 17.1 Å². The summed E-state index contributed by atoms with van der Waals surface area (Å²) in [5.74, 6) is 1.02. The van der Waals surface area contributed by atoms with Crippen LogP contribution in [0.5, 0.6) is 11.5 Å². The third-order valence-corrected chi connectivity index (χ3v) is 6.37. The Labute approximate surface area is 170 Å². The van der Waals surface area contributed by atoms with Crippen molar-refractivity contribution in [2.45, 2.75) is 12.8 Å². The van der Waals surface area contributed by atoms with Crippen molar-refractivity contribution in [2.75, 3.05) is 46.6 Å². The number of benzene rings is 1. The second-order valence-corrected chi connectivity index (χ2v) is 8.02. The molecule has 5 rings (SSSR count). The number of ether oxygens (including phenoxy) is 3. The number of allylic oxidation sites excluding steroid dienone is 4. The Morgan fingerprint density at radius 3 is 2.52 bits per heavy atom. The third-order valence-electron chi connectivity index (χ3n) is 6.37. The number of methoxy groups -OCH3 is 1. The standard InChI is InChI=1S/C23H25NO5/c1-27-16-12-17-21(18(13-16)29-8-2-5-24-6-9-28-10-7-24)23(26)20-15-4-3-14(11-15)19(20)22(17)25/h3-4,12-15H,2,5-11H2,1H3. The van der Waals surface area contributed by atoms with Crippen molar-refractivity contribution in [2.24, 2.45) is 11.8 Å². The van der Waals surface area contributed by atoms with Crippen molar-refractivity contribution in [1.82, 2.24) is 4.90 Å². The van der Waals surface area contributed by atoms with Crippen LogP contribution in [0.1, 0.15) is 33.6 Å². The summed E-state index contributed by atoms with van der Waals surface area (Å²) in [7, 11) is 1.56. The highest BCUT2D eigenvalue weighted by molar-refractivity contribution is 6.29. The summed E-state index contributed by atoms with van der Waals surface area (Å²) in [6.45, 7) is 4.83. The first-order chi connectivity index (χ1) is 14.2. The Bertz CT molecular complexity index is 925. The Morgan fingerprint density at radius 1 is 1.07 bits per heavy atom. The Kier molecular flexibility index (Phi) is 4.76. The van der Waals surface area contributed by atoms with E-state index in [9.17, 15) is 9.59 Å². The molecule has 2 unspecified atom stereocenters. The minimum atomic E-state index is -0.0581. The highest BCUT2D eigenvalue weighted by Crippen LogP contribution is 2.50. The molecule has 1 aromatic carbocycles. The lowest BCUT2D eigenvalue weighted by molar-refractivity contribution is 0.0357. The van der Waals surface area contributed by atoms with Gasteiger partial charge in [0.25, 0.3) is 0 Å². The largest absolute Gasteiger partial charge is 0.497 e. The number of rotatable bonds is 6. The van der Waals surface area contributed by atoms with Crippen molar-refractivity contribution in [3.63, 3.8) is 0 Å². The van der Waals surface area contributed by atoms with Crippen LogP contribution in [0.4, 0.5) is 0 Å². The monoisotopic (exact) mass is 395 g/mol. The maximum Gasteiger partial charge on any atom is 0.194 e. The van der Waals surface area contributed by atoms with E-state index in [1.54, 1.807) is 19.2 Å². The summed E-state index contributed by atoms with van der Waals surface area (Å²) in [4.78, 5) is 28.9. The molecule has 0 radical (unpaired) electrons. The average Bonchev–Trinajstić information content (AvgIpc) is 3.37. The van der Waals surface area contributed by atoms with Gasteiger partial charge in [-0.1, -0.05) is 12.2 Å². The summed E-state index contributed by atoms with van der Waals surface area (Å²) in [6, 6.07) is 3.41. The number of hydrogen-bond donors (Lipinski definition) is 0. The van der Waals surface area contributed by atoms with Crippen molar-refractivity contribution in [3.8, 4) is 11.5 Å². The molecular weight excluding hydrogens is 370 g/mol. The number of carbonyl (C=O) groups is 2. The Hall–Kier alpha value is -2.44. The van der Waals surface area contributed by atoms with Gasteiger partial charge in [-0.3, -0.25) is 14.5 Å². The average molecular weight is 395 g/mol. The zero-order chi connectivity index (χ0) is 20.0. The highest BCUT2D eigenvalue weighted by atomic mass is 16.5. The number of carbonyl (C=O) groups excluding carboxylic acids is 2. The number of morpholine rings is 1. The van der Waals surface area contributed by atoms with E-state index in [0.717, 1.165) is 45.7 Å². The van der Waals surface area contributed by atoms with E-state index >= 15 is 0 Å². The van der Waals surface area contributed by atoms with E-state index in [4.69, 9.17) is 14.2 Å². The fourth-order valence-corrected chi connectivity index (χ4v) is 4.92. The molecule has 2 bridgehead atoms. The third kappa shape index (κ3) is 3.11. The van der Waals surface area contributed by atoms with Gasteiger partial charge in [0.05, 0.1) is 32.5 Å². The zero-order valence-electron chi connectivity index (χ0n) is 16.6. The maximum atomic E-state index is 13.3. The van der Waals surface area contributed by atoms with Crippen LogP contribution in [-0.2, 0) is 4.74 Å². The lowest BCUT2D eigenvalue weighted by Crippen LogP contribution is -2.37. The molecule has 1 saturated heterocycles. The van der Waals surface area contributed by atoms with Crippen LogP contribution < -0.4 is 9.47 Å². The number of fused-ring (bicyclic) bond motifs is 5. The molecule has 29 heavy (non-hydrogen) atoms. The number of Topliss-reactive ketones (excluding diaryl/α,β-unsaturated/α-hetero) is 2. The van der Waals surface area contributed by atoms with Crippen LogP contribution in [0.15, 0.2) is 35.4 Å². The summed E-state index contributed by atoms with van der Waals surface area (Å²) < 4.78 is 16.8. The van der Waals surface area contributed by atoms with Gasteiger partial charge in [0, 0.05) is 54.2 Å². The molecule has 6 heteroatoms. The Balaban J connectivity index is 1.38. The van der Waals surface area contributed by atoms with Gasteiger partial charge in [0.2, 0.25) is 0 Å². The molecule has 4 aliphatic rings. The van der Waals surface area contributed by atoms with Crippen molar-refractivity contribution < 1.29 is 23.8 Å². The van der Waals surface area contributed by atoms with Crippen molar-refractivity contribution in [1.29, 1.82) is 0 Å². The first kappa shape index (κ1) is 18.6. The lowest BCUT2D eigenvalue weighted by Gasteiger charge is -2.27. The van der Waals surface area contributed by atoms with Gasteiger partial charge in [-0.05, 0) is 18.9 Å². The lowest BCUT2D eigenvalue weighted by atomic mass is 9.79. The number of ketones is 2. The Morgan fingerprint density at radius 2 is 1.79 bits per heavy atom. The van der Waals surface area contributed by atoms with Gasteiger partial charge < -0.3 is 14.2 Å². The summed E-state index contributed by atoms with van der Waals surface area (Å²) >= 11 is 0. The minimum absolute atomic E-state index is 0.0523. The van der Waals surface area contributed by atoms with Crippen LogP contribution >= 0.6 is 0 Å². The molecule has 1 fully saturated rings. The highest BCUT2D eigenvalue weighted by Gasteiger charge is 2.46. The molecule has 6 nitrogen and oxygen atoms in total. The number of nitrogens with zero attached hydrogens (tertiary/aromatic N) is 1. The molecule has 0 amide bonds. The smallest absolute Gasteiger partial charge is 0.194 e. The first-order valence-electron chi connectivity index (χ1n) is 10.3. The van der Waals surface area contributed by atoms with Crippen LogP contribution in [0.25, 0.3) is 0 Å². The zero-order valence-corrected chi connectivity index (χ0v) is 16.6. The van der Waals surface area contributed by atoms with Crippen LogP contribution in [0, 0.1) is 11.8 Å². The molecule has 1 aliphatic heterocycles. The van der Waals surface area contributed by atoms with Gasteiger partial charge in [0.15, 0.2) is 11.6 Å². The number of hydrogen-bond acceptors (Lipinski definition) is 6. The molecular formula is C23H25NO5. The summed E-state index contributed by atoms with van der Waals surface area (Å²) in [5.41, 5.74) is 2.18. The van der Waals surface area contributed by atoms with E-state index < -0.39 is 0 Å². The normalized spacial score (nSPS) is 25.4. The first-order valence-corrected chi connectivity index (χ1v) is 10.3. The molecule has 1 aromatic rings. The molecule has 1 heterocycles. The maximum absolute atomic E-state index is 13.3. The van der Waals surface area contributed by atoms with Crippen molar-refractivity contribution >= 4 is 11.6 Å². The molecule has 0 spiro atoms. The molecule has 0 aromatic heterocycles. The van der Waals surface area contributed by atoms with Gasteiger partial charge in [-0.25, -0.2) is 0 Å². The fourth-order valence-electron chi connectivity index (χ4n) is 4.92. The van der Waals surface area contributed by atoms with Gasteiger partial charge >= 0.3 is 0 Å². The van der Waals surface area contributed by atoms with E-state index in [-0.39, 0.29) is 23.4 Å². The van der Waals surface area contributed by atoms with Gasteiger partial charge in [-0.2, -0.15) is 0 Å². The second-order valence-electron chi connectivity index (χ2n) is 8.02. The molecule has 152 valence electrons. The van der Waals surface area contributed by atoms with Crippen LogP contribution in [0.3, 0.4) is 0 Å². The second kappa shape index (κ2) is 7.43. The minimum Gasteiger partial charge on any atom is -0.497 e. The van der Waals surface area contributed by atoms with Gasteiger partial charge in [-0.15, -0.1) is 0 Å². The quantitative estimate of drug-likeness (QED) is 0.545. The summed E-state index contributed by atoms with van der Waals surface area (Å²) in [5, 5.41) is 0. The predicted molar refractivity (Wildman–Crippen MR) is 107 cm³/mol. The molecule has 0 N–H and O–H groups in total. The summed E-state index contributed by atoms with van der Waals surface area (Å²) in [6.07, 6.45) is 5.80. The molecule has 0 saturated carbocycles. The topological polar surface area (TPSA) is 65.1 Å². The van der Waals surface area contributed by atoms with Crippen LogP contribution in [0.2, 0.25) is 0 Å². The van der Waals surface area contributed by atoms with E-state index in [0.29, 0.717) is 40.4 Å². The molecule has 2 atom stereocenters. The SMILES string of the molecule is COc1cc(OCCCN2CCOCC2)c2c(c1)C(=O)C1=C(C2=O)C2C=CC1C2. The van der Waals surface area contributed by atoms with Crippen LogP contribution in [-0.4, -0.2) is 63.0 Å². The predicted octanol–water partition coefficient (Wildman–Crippen LogP) is 2.68. The van der Waals surface area contributed by atoms with Crippen molar-refractivity contribution in [3.05, 3.63) is 46.6 Å². The fraction of sp³-hybridized carbons (Fsp3) is 0.478. The molecule has 3 aliphatic carbocycles. The van der Waals surface area contributed by atoms with E-state index in [1.165, 1.54) is 0 Å². The van der Waals surface area contributed by atoms with Gasteiger partial charge in [0.1, 0.15) is 11.5 Å².